The molecular weight excluding hydrogens is 504 g/mol. The molecule has 2 aromatic carbocycles. The van der Waals surface area contributed by atoms with Crippen LogP contribution in [-0.4, -0.2) is 23.2 Å². The summed E-state index contributed by atoms with van der Waals surface area (Å²) >= 11 is 2.81. The quantitative estimate of drug-likeness (QED) is 0.323. The van der Waals surface area contributed by atoms with Crippen LogP contribution in [-0.2, 0) is 9.53 Å². The normalized spacial score (nSPS) is 15.5. The second-order valence-corrected chi connectivity index (χ2v) is 10.7. The lowest BCUT2D eigenvalue weighted by Crippen LogP contribution is -2.39. The van der Waals surface area contributed by atoms with E-state index < -0.39 is 12.0 Å². The minimum absolute atomic E-state index is 0.0826. The van der Waals surface area contributed by atoms with Gasteiger partial charge in [-0.3, -0.25) is 9.36 Å². The fraction of sp³-hybridized carbons (Fsp3) is 0.207. The smallest absolute Gasteiger partial charge is 0.338 e. The molecule has 0 unspecified atom stereocenters. The minimum atomic E-state index is -0.630. The Bertz CT molecular complexity index is 1610. The van der Waals surface area contributed by atoms with E-state index in [9.17, 15) is 9.59 Å². The van der Waals surface area contributed by atoms with Crippen molar-refractivity contribution in [3.8, 4) is 5.75 Å². The molecule has 8 heteroatoms. The van der Waals surface area contributed by atoms with Gasteiger partial charge in [-0.2, -0.15) is 0 Å². The average Bonchev–Trinajstić information content (AvgIpc) is 3.53. The summed E-state index contributed by atoms with van der Waals surface area (Å²) < 4.78 is 13.4. The van der Waals surface area contributed by atoms with Crippen LogP contribution in [0.1, 0.15) is 42.8 Å². The van der Waals surface area contributed by atoms with Gasteiger partial charge in [0.2, 0.25) is 0 Å². The number of rotatable bonds is 7. The van der Waals surface area contributed by atoms with Crippen molar-refractivity contribution >= 4 is 40.4 Å². The first-order valence-corrected chi connectivity index (χ1v) is 13.7. The summed E-state index contributed by atoms with van der Waals surface area (Å²) in [6, 6.07) is 20.4. The molecule has 37 heavy (non-hydrogen) atoms. The number of thiazole rings is 1. The fourth-order valence-corrected chi connectivity index (χ4v) is 6.05. The van der Waals surface area contributed by atoms with Gasteiger partial charge in [0, 0.05) is 10.4 Å². The molecule has 0 fully saturated rings. The van der Waals surface area contributed by atoms with Crippen molar-refractivity contribution in [2.75, 3.05) is 6.61 Å². The Hall–Kier alpha value is -3.75. The Morgan fingerprint density at radius 2 is 1.84 bits per heavy atom. The van der Waals surface area contributed by atoms with Crippen LogP contribution >= 0.6 is 22.7 Å². The zero-order chi connectivity index (χ0) is 25.9. The Kier molecular flexibility index (Phi) is 7.21. The molecule has 6 nitrogen and oxygen atoms in total. The average molecular weight is 531 g/mol. The van der Waals surface area contributed by atoms with Crippen molar-refractivity contribution in [2.24, 2.45) is 4.99 Å². The number of benzene rings is 2. The summed E-state index contributed by atoms with van der Waals surface area (Å²) in [5, 5.41) is 1.94. The van der Waals surface area contributed by atoms with E-state index in [0.717, 1.165) is 21.8 Å². The van der Waals surface area contributed by atoms with Crippen molar-refractivity contribution in [3.05, 3.63) is 113 Å². The number of esters is 1. The molecule has 1 atom stereocenters. The van der Waals surface area contributed by atoms with Gasteiger partial charge >= 0.3 is 5.97 Å². The van der Waals surface area contributed by atoms with Gasteiger partial charge in [0.05, 0.1) is 28.5 Å². The highest BCUT2D eigenvalue weighted by molar-refractivity contribution is 7.10. The lowest BCUT2D eigenvalue weighted by Gasteiger charge is -2.24. The lowest BCUT2D eigenvalue weighted by atomic mass is 9.97. The molecule has 0 saturated heterocycles. The maximum absolute atomic E-state index is 13.8. The standard InChI is InChI=1S/C29H26N2O4S2/c1-4-34-28(33)24-25(20-9-6-5-7-10-20)30-29-31(26(24)22-11-8-16-36-22)27(32)23(37-29)17-19-12-14-21(15-13-19)35-18(2)3/h5-18,26H,4H2,1-3H3/b23-17-/t26-/m1/s1. The molecule has 0 saturated carbocycles. The number of thiophene rings is 1. The number of fused-ring (bicyclic) bond motifs is 1. The molecule has 0 spiro atoms. The summed E-state index contributed by atoms with van der Waals surface area (Å²) in [5.41, 5.74) is 2.37. The minimum Gasteiger partial charge on any atom is -0.491 e. The monoisotopic (exact) mass is 530 g/mol. The van der Waals surface area contributed by atoms with E-state index in [1.165, 1.54) is 22.7 Å². The summed E-state index contributed by atoms with van der Waals surface area (Å²) in [6.07, 6.45) is 1.93. The molecule has 1 aliphatic heterocycles. The van der Waals surface area contributed by atoms with Gasteiger partial charge in [-0.15, -0.1) is 11.3 Å². The number of aromatic nitrogens is 1. The van der Waals surface area contributed by atoms with E-state index in [0.29, 0.717) is 20.6 Å². The van der Waals surface area contributed by atoms with E-state index >= 15 is 0 Å². The predicted molar refractivity (Wildman–Crippen MR) is 148 cm³/mol. The topological polar surface area (TPSA) is 69.9 Å². The van der Waals surface area contributed by atoms with Crippen LogP contribution in [0.5, 0.6) is 5.75 Å². The van der Waals surface area contributed by atoms with Crippen molar-refractivity contribution in [1.82, 2.24) is 4.57 Å². The number of carbonyl (C=O) groups is 1. The summed E-state index contributed by atoms with van der Waals surface area (Å²) in [6.45, 7) is 5.95. The molecule has 1 aliphatic rings. The van der Waals surface area contributed by atoms with E-state index in [-0.39, 0.29) is 18.3 Å². The van der Waals surface area contributed by atoms with Crippen LogP contribution in [0.2, 0.25) is 0 Å². The molecule has 0 amide bonds. The van der Waals surface area contributed by atoms with E-state index in [2.05, 4.69) is 0 Å². The van der Waals surface area contributed by atoms with Gasteiger partial charge in [0.1, 0.15) is 11.8 Å². The third-order valence-electron chi connectivity index (χ3n) is 5.74. The molecule has 0 N–H and O–H groups in total. The molecule has 0 aliphatic carbocycles. The third-order valence-corrected chi connectivity index (χ3v) is 7.64. The first kappa shape index (κ1) is 24.9. The van der Waals surface area contributed by atoms with Crippen LogP contribution in [0, 0.1) is 0 Å². The summed E-state index contributed by atoms with van der Waals surface area (Å²) in [4.78, 5) is 33.4. The third kappa shape index (κ3) is 5.08. The Morgan fingerprint density at radius 3 is 2.49 bits per heavy atom. The number of ether oxygens (including phenoxy) is 2. The van der Waals surface area contributed by atoms with Crippen LogP contribution in [0.3, 0.4) is 0 Å². The maximum atomic E-state index is 13.8. The van der Waals surface area contributed by atoms with Gasteiger partial charge in [-0.05, 0) is 56.0 Å². The molecule has 0 radical (unpaired) electrons. The molecule has 188 valence electrons. The van der Waals surface area contributed by atoms with Gasteiger partial charge in [0.25, 0.3) is 5.56 Å². The van der Waals surface area contributed by atoms with Crippen LogP contribution in [0.15, 0.2) is 87.5 Å². The van der Waals surface area contributed by atoms with Crippen LogP contribution < -0.4 is 19.6 Å². The Balaban J connectivity index is 1.71. The van der Waals surface area contributed by atoms with Gasteiger partial charge in [-0.1, -0.05) is 59.9 Å². The highest BCUT2D eigenvalue weighted by Gasteiger charge is 2.35. The lowest BCUT2D eigenvalue weighted by molar-refractivity contribution is -0.138. The second kappa shape index (κ2) is 10.7. The first-order chi connectivity index (χ1) is 18.0. The van der Waals surface area contributed by atoms with Crippen LogP contribution in [0.25, 0.3) is 11.8 Å². The summed E-state index contributed by atoms with van der Waals surface area (Å²) in [7, 11) is 0. The largest absolute Gasteiger partial charge is 0.491 e. The number of carbonyl (C=O) groups excluding carboxylic acids is 1. The van der Waals surface area contributed by atoms with Gasteiger partial charge < -0.3 is 9.47 Å². The molecular formula is C29H26N2O4S2. The Labute approximate surface area is 222 Å². The van der Waals surface area contributed by atoms with Gasteiger partial charge in [-0.25, -0.2) is 9.79 Å². The Morgan fingerprint density at radius 1 is 1.08 bits per heavy atom. The van der Waals surface area contributed by atoms with Crippen LogP contribution in [0.4, 0.5) is 0 Å². The number of hydrogen-bond donors (Lipinski definition) is 0. The highest BCUT2D eigenvalue weighted by Crippen LogP contribution is 2.36. The molecule has 4 aromatic rings. The fourth-order valence-electron chi connectivity index (χ4n) is 4.22. The highest BCUT2D eigenvalue weighted by atomic mass is 32.1. The zero-order valence-corrected chi connectivity index (χ0v) is 22.3. The SMILES string of the molecule is CCOC(=O)C1=C(c2ccccc2)N=c2s/c(=C\c3ccc(OC(C)C)cc3)c(=O)n2[C@@H]1c1cccs1. The van der Waals surface area contributed by atoms with Gasteiger partial charge in [0.15, 0.2) is 4.80 Å². The van der Waals surface area contributed by atoms with E-state index in [4.69, 9.17) is 14.5 Å². The molecule has 2 aromatic heterocycles. The van der Waals surface area contributed by atoms with Crippen molar-refractivity contribution in [3.63, 3.8) is 0 Å². The molecule has 5 rings (SSSR count). The maximum Gasteiger partial charge on any atom is 0.338 e. The number of hydrogen-bond acceptors (Lipinski definition) is 7. The number of nitrogens with zero attached hydrogens (tertiary/aromatic N) is 2. The van der Waals surface area contributed by atoms with Crippen molar-refractivity contribution < 1.29 is 14.3 Å². The van der Waals surface area contributed by atoms with E-state index in [1.807, 2.05) is 92.0 Å². The summed E-state index contributed by atoms with van der Waals surface area (Å²) in [5.74, 6) is 0.302. The predicted octanol–water partition coefficient (Wildman–Crippen LogP) is 4.78. The molecule has 3 heterocycles. The van der Waals surface area contributed by atoms with E-state index in [1.54, 1.807) is 11.5 Å². The van der Waals surface area contributed by atoms with Crippen molar-refractivity contribution in [2.45, 2.75) is 32.9 Å². The van der Waals surface area contributed by atoms with Crippen molar-refractivity contribution in [1.29, 1.82) is 0 Å². The zero-order valence-electron chi connectivity index (χ0n) is 20.7. The first-order valence-electron chi connectivity index (χ1n) is 12.0. The second-order valence-electron chi connectivity index (χ2n) is 8.68. The molecule has 0 bridgehead atoms.